The smallest absolute Gasteiger partial charge is 0.142 e. The van der Waals surface area contributed by atoms with Crippen LogP contribution in [0.1, 0.15) is 17.2 Å². The Labute approximate surface area is 151 Å². The summed E-state index contributed by atoms with van der Waals surface area (Å²) in [5, 5.41) is 0.760. The Kier molecular flexibility index (Phi) is 3.60. The standard InChI is InChI=1S/C20H13ClN2.ClH/c21-14-11-9-13(10-12-14)19-15-5-1-2-6-16(15)20-22-17-7-3-4-8-18(17)23(19)20;/h1-12,19H;1H. The summed E-state index contributed by atoms with van der Waals surface area (Å²) in [6.45, 7) is 0. The number of nitrogens with zero attached hydrogens (tertiary/aromatic N) is 2. The van der Waals surface area contributed by atoms with Crippen LogP contribution in [0.5, 0.6) is 0 Å². The fourth-order valence-electron chi connectivity index (χ4n) is 3.55. The SMILES string of the molecule is Cl.Clc1ccc(C2c3ccccc3-c3nc4ccccc4n32)cc1. The molecule has 0 bridgehead atoms. The summed E-state index contributed by atoms with van der Waals surface area (Å²) in [6, 6.07) is 25.1. The highest BCUT2D eigenvalue weighted by molar-refractivity contribution is 6.30. The number of imidazole rings is 1. The van der Waals surface area contributed by atoms with Gasteiger partial charge >= 0.3 is 0 Å². The fraction of sp³-hybridized carbons (Fsp3) is 0.0500. The minimum atomic E-state index is 0. The highest BCUT2D eigenvalue weighted by Crippen LogP contribution is 2.44. The molecule has 0 fully saturated rings. The van der Waals surface area contributed by atoms with Gasteiger partial charge in [-0.3, -0.25) is 0 Å². The van der Waals surface area contributed by atoms with Crippen molar-refractivity contribution in [2.45, 2.75) is 6.04 Å². The molecule has 2 heterocycles. The first kappa shape index (κ1) is 15.3. The molecule has 3 aromatic carbocycles. The normalized spacial score (nSPS) is 15.0. The van der Waals surface area contributed by atoms with E-state index in [2.05, 4.69) is 59.2 Å². The zero-order valence-electron chi connectivity index (χ0n) is 12.7. The summed E-state index contributed by atoms with van der Waals surface area (Å²) >= 11 is 6.07. The average molecular weight is 353 g/mol. The highest BCUT2D eigenvalue weighted by Gasteiger charge is 2.32. The molecule has 0 N–H and O–H groups in total. The third kappa shape index (κ3) is 2.07. The van der Waals surface area contributed by atoms with Crippen molar-refractivity contribution in [2.75, 3.05) is 0 Å². The van der Waals surface area contributed by atoms with Gasteiger partial charge in [0.05, 0.1) is 17.1 Å². The molecule has 2 nitrogen and oxygen atoms in total. The van der Waals surface area contributed by atoms with Crippen molar-refractivity contribution in [3.8, 4) is 11.4 Å². The van der Waals surface area contributed by atoms with E-state index in [0.717, 1.165) is 16.4 Å². The van der Waals surface area contributed by atoms with Crippen molar-refractivity contribution in [3.63, 3.8) is 0 Å². The number of fused-ring (bicyclic) bond motifs is 5. The van der Waals surface area contributed by atoms with Crippen molar-refractivity contribution in [2.24, 2.45) is 0 Å². The molecule has 1 unspecified atom stereocenters. The van der Waals surface area contributed by atoms with Gasteiger partial charge in [-0.2, -0.15) is 0 Å². The molecule has 4 heteroatoms. The molecule has 0 radical (unpaired) electrons. The monoisotopic (exact) mass is 352 g/mol. The largest absolute Gasteiger partial charge is 0.312 e. The van der Waals surface area contributed by atoms with E-state index in [1.54, 1.807) is 0 Å². The van der Waals surface area contributed by atoms with Crippen LogP contribution in [0.2, 0.25) is 5.02 Å². The van der Waals surface area contributed by atoms with Crippen molar-refractivity contribution in [1.82, 2.24) is 9.55 Å². The van der Waals surface area contributed by atoms with Crippen LogP contribution in [0.15, 0.2) is 72.8 Å². The number of hydrogen-bond acceptors (Lipinski definition) is 1. The van der Waals surface area contributed by atoms with Crippen LogP contribution in [-0.4, -0.2) is 9.55 Å². The second-order valence-electron chi connectivity index (χ2n) is 5.84. The minimum Gasteiger partial charge on any atom is -0.312 e. The van der Waals surface area contributed by atoms with E-state index in [1.807, 2.05) is 18.2 Å². The molecule has 0 aliphatic carbocycles. The van der Waals surface area contributed by atoms with Gasteiger partial charge in [-0.25, -0.2) is 4.98 Å². The van der Waals surface area contributed by atoms with Gasteiger partial charge in [0.15, 0.2) is 0 Å². The summed E-state index contributed by atoms with van der Waals surface area (Å²) < 4.78 is 2.34. The first-order valence-corrected chi connectivity index (χ1v) is 8.02. The number of rotatable bonds is 1. The summed E-state index contributed by atoms with van der Waals surface area (Å²) in [5.41, 5.74) is 5.94. The van der Waals surface area contributed by atoms with Crippen LogP contribution in [0.3, 0.4) is 0 Å². The van der Waals surface area contributed by atoms with E-state index in [-0.39, 0.29) is 18.4 Å². The van der Waals surface area contributed by atoms with Crippen molar-refractivity contribution < 1.29 is 0 Å². The number of hydrogen-bond donors (Lipinski definition) is 0. The molecule has 0 amide bonds. The molecule has 118 valence electrons. The zero-order valence-corrected chi connectivity index (χ0v) is 14.3. The van der Waals surface area contributed by atoms with E-state index < -0.39 is 0 Å². The molecule has 4 aromatic rings. The van der Waals surface area contributed by atoms with Crippen LogP contribution in [0.4, 0.5) is 0 Å². The maximum Gasteiger partial charge on any atom is 0.142 e. The van der Waals surface area contributed by atoms with Crippen LogP contribution < -0.4 is 0 Å². The zero-order chi connectivity index (χ0) is 15.4. The number of aromatic nitrogens is 2. The Morgan fingerprint density at radius 3 is 2.38 bits per heavy atom. The topological polar surface area (TPSA) is 17.8 Å². The highest BCUT2D eigenvalue weighted by atomic mass is 35.5. The van der Waals surface area contributed by atoms with E-state index in [9.17, 15) is 0 Å². The summed E-state index contributed by atoms with van der Waals surface area (Å²) in [6.07, 6.45) is 0. The Balaban J connectivity index is 0.00000146. The van der Waals surface area contributed by atoms with Gasteiger partial charge in [-0.15, -0.1) is 12.4 Å². The Morgan fingerprint density at radius 2 is 1.54 bits per heavy atom. The maximum atomic E-state index is 6.07. The van der Waals surface area contributed by atoms with Crippen LogP contribution >= 0.6 is 24.0 Å². The quantitative estimate of drug-likeness (QED) is 0.376. The van der Waals surface area contributed by atoms with Crippen LogP contribution in [0.25, 0.3) is 22.4 Å². The summed E-state index contributed by atoms with van der Waals surface area (Å²) in [4.78, 5) is 4.86. The minimum absolute atomic E-state index is 0. The van der Waals surface area contributed by atoms with E-state index in [4.69, 9.17) is 16.6 Å². The first-order chi connectivity index (χ1) is 11.3. The molecule has 0 saturated carbocycles. The third-order valence-corrected chi connectivity index (χ3v) is 4.79. The number of halogens is 2. The Morgan fingerprint density at radius 1 is 0.833 bits per heavy atom. The molecule has 24 heavy (non-hydrogen) atoms. The predicted molar refractivity (Wildman–Crippen MR) is 101 cm³/mol. The molecular weight excluding hydrogens is 339 g/mol. The van der Waals surface area contributed by atoms with Gasteiger partial charge in [-0.1, -0.05) is 60.1 Å². The summed E-state index contributed by atoms with van der Waals surface area (Å²) in [5.74, 6) is 1.04. The fourth-order valence-corrected chi connectivity index (χ4v) is 3.67. The lowest BCUT2D eigenvalue weighted by Crippen LogP contribution is -2.07. The Hall–Kier alpha value is -2.29. The molecule has 5 rings (SSSR count). The molecule has 1 aliphatic heterocycles. The second-order valence-corrected chi connectivity index (χ2v) is 6.27. The van der Waals surface area contributed by atoms with Crippen LogP contribution in [-0.2, 0) is 0 Å². The number of benzene rings is 3. The van der Waals surface area contributed by atoms with Gasteiger partial charge in [-0.05, 0) is 35.4 Å². The van der Waals surface area contributed by atoms with Gasteiger partial charge < -0.3 is 4.57 Å². The predicted octanol–water partition coefficient (Wildman–Crippen LogP) is 5.73. The van der Waals surface area contributed by atoms with E-state index >= 15 is 0 Å². The lowest BCUT2D eigenvalue weighted by atomic mass is 9.97. The number of para-hydroxylation sites is 2. The molecule has 1 atom stereocenters. The average Bonchev–Trinajstić information content (AvgIpc) is 3.11. The van der Waals surface area contributed by atoms with E-state index in [1.165, 1.54) is 22.2 Å². The van der Waals surface area contributed by atoms with Crippen molar-refractivity contribution in [3.05, 3.63) is 88.9 Å². The van der Waals surface area contributed by atoms with Gasteiger partial charge in [0, 0.05) is 10.6 Å². The van der Waals surface area contributed by atoms with Crippen molar-refractivity contribution in [1.29, 1.82) is 0 Å². The van der Waals surface area contributed by atoms with Gasteiger partial charge in [0.1, 0.15) is 5.82 Å². The third-order valence-electron chi connectivity index (χ3n) is 4.54. The first-order valence-electron chi connectivity index (χ1n) is 7.65. The maximum absolute atomic E-state index is 6.07. The molecular formula is C20H14Cl2N2. The lowest BCUT2D eigenvalue weighted by Gasteiger charge is -2.16. The summed E-state index contributed by atoms with van der Waals surface area (Å²) in [7, 11) is 0. The second kappa shape index (κ2) is 5.66. The van der Waals surface area contributed by atoms with Crippen molar-refractivity contribution >= 4 is 35.0 Å². The van der Waals surface area contributed by atoms with E-state index in [0.29, 0.717) is 0 Å². The molecule has 1 aliphatic rings. The molecule has 0 spiro atoms. The molecule has 0 saturated heterocycles. The van der Waals surface area contributed by atoms with Gasteiger partial charge in [0.25, 0.3) is 0 Å². The lowest BCUT2D eigenvalue weighted by molar-refractivity contribution is 0.739. The Bertz CT molecular complexity index is 1040. The van der Waals surface area contributed by atoms with Crippen LogP contribution in [0, 0.1) is 0 Å². The molecule has 1 aromatic heterocycles. The van der Waals surface area contributed by atoms with Gasteiger partial charge in [0.2, 0.25) is 0 Å².